The van der Waals surface area contributed by atoms with Crippen LogP contribution >= 0.6 is 22.6 Å². The van der Waals surface area contributed by atoms with Crippen molar-refractivity contribution in [1.29, 1.82) is 0 Å². The van der Waals surface area contributed by atoms with E-state index in [1.165, 1.54) is 0 Å². The van der Waals surface area contributed by atoms with E-state index in [1.54, 1.807) is 20.3 Å². The first-order valence-electron chi connectivity index (χ1n) is 7.42. The molecular formula is C16H23IN2O3. The van der Waals surface area contributed by atoms with Gasteiger partial charge >= 0.3 is 0 Å². The maximum absolute atomic E-state index is 12.8. The lowest BCUT2D eigenvalue weighted by molar-refractivity contribution is 0.0594. The number of hydrogen-bond donors (Lipinski definition) is 0. The summed E-state index contributed by atoms with van der Waals surface area (Å²) in [7, 11) is 3.18. The Bertz CT molecular complexity index is 540. The highest BCUT2D eigenvalue weighted by Crippen LogP contribution is 2.32. The molecule has 1 saturated heterocycles. The maximum Gasteiger partial charge on any atom is 0.255 e. The van der Waals surface area contributed by atoms with Crippen LogP contribution in [-0.4, -0.2) is 62.1 Å². The van der Waals surface area contributed by atoms with Crippen molar-refractivity contribution in [2.24, 2.45) is 0 Å². The second-order valence-corrected chi connectivity index (χ2v) is 6.77. The van der Waals surface area contributed by atoms with Crippen molar-refractivity contribution in [3.05, 3.63) is 21.3 Å². The number of piperazine rings is 1. The van der Waals surface area contributed by atoms with Gasteiger partial charge in [0.25, 0.3) is 5.91 Å². The fraction of sp³-hybridized carbons (Fsp3) is 0.562. The second-order valence-electron chi connectivity index (χ2n) is 5.61. The SMILES string of the molecule is COc1cc(I)c(C(=O)N2CCN(C(C)C)CC2)cc1OC. The number of rotatable bonds is 4. The molecule has 0 N–H and O–H groups in total. The van der Waals surface area contributed by atoms with Crippen molar-refractivity contribution in [2.75, 3.05) is 40.4 Å². The highest BCUT2D eigenvalue weighted by molar-refractivity contribution is 14.1. The van der Waals surface area contributed by atoms with Crippen molar-refractivity contribution in [3.63, 3.8) is 0 Å². The van der Waals surface area contributed by atoms with Crippen molar-refractivity contribution < 1.29 is 14.3 Å². The van der Waals surface area contributed by atoms with E-state index in [1.807, 2.05) is 11.0 Å². The van der Waals surface area contributed by atoms with Crippen molar-refractivity contribution >= 4 is 28.5 Å². The zero-order chi connectivity index (χ0) is 16.3. The molecule has 5 nitrogen and oxygen atoms in total. The van der Waals surface area contributed by atoms with Crippen molar-refractivity contribution in [2.45, 2.75) is 19.9 Å². The summed E-state index contributed by atoms with van der Waals surface area (Å²) < 4.78 is 11.5. The largest absolute Gasteiger partial charge is 0.493 e. The van der Waals surface area contributed by atoms with E-state index < -0.39 is 0 Å². The van der Waals surface area contributed by atoms with E-state index in [2.05, 4.69) is 41.3 Å². The Hall–Kier alpha value is -1.02. The molecule has 0 unspecified atom stereocenters. The van der Waals surface area contributed by atoms with Gasteiger partial charge in [-0.15, -0.1) is 0 Å². The Labute approximate surface area is 145 Å². The Morgan fingerprint density at radius 2 is 1.64 bits per heavy atom. The lowest BCUT2D eigenvalue weighted by Gasteiger charge is -2.37. The quantitative estimate of drug-likeness (QED) is 0.705. The third kappa shape index (κ3) is 3.65. The van der Waals surface area contributed by atoms with Crippen LogP contribution in [0.3, 0.4) is 0 Å². The summed E-state index contributed by atoms with van der Waals surface area (Å²) in [5.41, 5.74) is 0.677. The number of ether oxygens (including phenoxy) is 2. The Morgan fingerprint density at radius 3 is 2.14 bits per heavy atom. The normalized spacial score (nSPS) is 16.0. The molecule has 2 rings (SSSR count). The van der Waals surface area contributed by atoms with E-state index >= 15 is 0 Å². The molecule has 1 aromatic rings. The number of carbonyl (C=O) groups is 1. The number of nitrogens with zero attached hydrogens (tertiary/aromatic N) is 2. The minimum Gasteiger partial charge on any atom is -0.493 e. The third-order valence-electron chi connectivity index (χ3n) is 4.04. The van der Waals surface area contributed by atoms with Gasteiger partial charge in [0.05, 0.1) is 19.8 Å². The molecule has 6 heteroatoms. The maximum atomic E-state index is 12.8. The summed E-state index contributed by atoms with van der Waals surface area (Å²) >= 11 is 2.17. The number of hydrogen-bond acceptors (Lipinski definition) is 4. The summed E-state index contributed by atoms with van der Waals surface area (Å²) in [5, 5.41) is 0. The molecular weight excluding hydrogens is 395 g/mol. The predicted octanol–water partition coefficient (Wildman–Crippen LogP) is 2.47. The number of carbonyl (C=O) groups excluding carboxylic acids is 1. The number of amides is 1. The Kier molecular flexibility index (Phi) is 5.91. The van der Waals surface area contributed by atoms with Gasteiger partial charge < -0.3 is 14.4 Å². The van der Waals surface area contributed by atoms with Gasteiger partial charge in [-0.05, 0) is 48.6 Å². The van der Waals surface area contributed by atoms with Gasteiger partial charge in [-0.25, -0.2) is 0 Å². The topological polar surface area (TPSA) is 42.0 Å². The van der Waals surface area contributed by atoms with E-state index in [-0.39, 0.29) is 5.91 Å². The average Bonchev–Trinajstić information content (AvgIpc) is 2.53. The van der Waals surface area contributed by atoms with Crippen molar-refractivity contribution in [3.8, 4) is 11.5 Å². The standard InChI is InChI=1S/C16H23IN2O3/c1-11(2)18-5-7-19(8-6-18)16(20)12-9-14(21-3)15(22-4)10-13(12)17/h9-11H,5-8H2,1-4H3. The first-order chi connectivity index (χ1) is 10.5. The third-order valence-corrected chi connectivity index (χ3v) is 4.93. The van der Waals surface area contributed by atoms with Gasteiger partial charge in [0, 0.05) is 35.8 Å². The molecule has 0 bridgehead atoms. The molecule has 0 aliphatic carbocycles. The van der Waals surface area contributed by atoms with Crippen LogP contribution in [0.15, 0.2) is 12.1 Å². The number of halogens is 1. The van der Waals surface area contributed by atoms with Gasteiger partial charge in [0.2, 0.25) is 0 Å². The van der Waals surface area contributed by atoms with Gasteiger partial charge in [0.15, 0.2) is 11.5 Å². The molecule has 22 heavy (non-hydrogen) atoms. The highest BCUT2D eigenvalue weighted by atomic mass is 127. The van der Waals surface area contributed by atoms with Crippen LogP contribution in [-0.2, 0) is 0 Å². The lowest BCUT2D eigenvalue weighted by Crippen LogP contribution is -2.50. The molecule has 1 aliphatic heterocycles. The molecule has 0 spiro atoms. The van der Waals surface area contributed by atoms with Crippen LogP contribution < -0.4 is 9.47 Å². The number of benzene rings is 1. The molecule has 0 aromatic heterocycles. The van der Waals surface area contributed by atoms with Crippen LogP contribution in [0.1, 0.15) is 24.2 Å². The van der Waals surface area contributed by atoms with Gasteiger partial charge in [-0.3, -0.25) is 9.69 Å². The zero-order valence-corrected chi connectivity index (χ0v) is 15.7. The molecule has 1 amide bonds. The summed E-state index contributed by atoms with van der Waals surface area (Å²) in [5.74, 6) is 1.30. The fourth-order valence-corrected chi connectivity index (χ4v) is 3.30. The lowest BCUT2D eigenvalue weighted by atomic mass is 10.1. The highest BCUT2D eigenvalue weighted by Gasteiger charge is 2.25. The fourth-order valence-electron chi connectivity index (χ4n) is 2.63. The van der Waals surface area contributed by atoms with Crippen LogP contribution in [0.5, 0.6) is 11.5 Å². The van der Waals surface area contributed by atoms with Gasteiger partial charge in [-0.1, -0.05) is 0 Å². The molecule has 122 valence electrons. The summed E-state index contributed by atoms with van der Waals surface area (Å²) in [6.45, 7) is 7.76. The average molecular weight is 418 g/mol. The first kappa shape index (κ1) is 17.3. The number of methoxy groups -OCH3 is 2. The molecule has 1 aliphatic rings. The first-order valence-corrected chi connectivity index (χ1v) is 8.50. The van der Waals surface area contributed by atoms with Crippen molar-refractivity contribution in [1.82, 2.24) is 9.80 Å². The van der Waals surface area contributed by atoms with Gasteiger partial charge in [-0.2, -0.15) is 0 Å². The smallest absolute Gasteiger partial charge is 0.255 e. The Morgan fingerprint density at radius 1 is 1.09 bits per heavy atom. The molecule has 0 atom stereocenters. The summed E-state index contributed by atoms with van der Waals surface area (Å²) in [6.07, 6.45) is 0. The minimum absolute atomic E-state index is 0.0637. The van der Waals surface area contributed by atoms with E-state index in [4.69, 9.17) is 9.47 Å². The van der Waals surface area contributed by atoms with Gasteiger partial charge in [0.1, 0.15) is 0 Å². The predicted molar refractivity (Wildman–Crippen MR) is 94.9 cm³/mol. The van der Waals surface area contributed by atoms with Crippen LogP contribution in [0.2, 0.25) is 0 Å². The zero-order valence-electron chi connectivity index (χ0n) is 13.6. The van der Waals surface area contributed by atoms with E-state index in [9.17, 15) is 4.79 Å². The minimum atomic E-state index is 0.0637. The summed E-state index contributed by atoms with van der Waals surface area (Å²) in [4.78, 5) is 17.1. The van der Waals surface area contributed by atoms with Crippen LogP contribution in [0, 0.1) is 3.57 Å². The molecule has 0 radical (unpaired) electrons. The monoisotopic (exact) mass is 418 g/mol. The van der Waals surface area contributed by atoms with Crippen LogP contribution in [0.25, 0.3) is 0 Å². The molecule has 1 aromatic carbocycles. The van der Waals surface area contributed by atoms with E-state index in [0.717, 1.165) is 29.7 Å². The van der Waals surface area contributed by atoms with E-state index in [0.29, 0.717) is 23.1 Å². The molecule has 0 saturated carbocycles. The molecule has 1 heterocycles. The summed E-state index contributed by atoms with van der Waals surface area (Å²) in [6, 6.07) is 4.15. The molecule has 1 fully saturated rings. The Balaban J connectivity index is 2.16. The van der Waals surface area contributed by atoms with Crippen LogP contribution in [0.4, 0.5) is 0 Å². The second kappa shape index (κ2) is 7.50.